The summed E-state index contributed by atoms with van der Waals surface area (Å²) in [6, 6.07) is -1.06. The summed E-state index contributed by atoms with van der Waals surface area (Å²) in [7, 11) is 1.18. The van der Waals surface area contributed by atoms with Crippen molar-refractivity contribution in [3.8, 4) is 0 Å². The predicted molar refractivity (Wildman–Crippen MR) is 104 cm³/mol. The highest BCUT2D eigenvalue weighted by Crippen LogP contribution is 2.32. The van der Waals surface area contributed by atoms with Gasteiger partial charge in [-0.1, -0.05) is 6.92 Å². The second kappa shape index (κ2) is 11.0. The minimum absolute atomic E-state index is 0.00493. The first kappa shape index (κ1) is 25.5. The number of nitrogens with one attached hydrogen (secondary N) is 1. The van der Waals surface area contributed by atoms with Gasteiger partial charge < -0.3 is 34.5 Å². The lowest BCUT2D eigenvalue weighted by Crippen LogP contribution is -2.54. The first-order valence-corrected chi connectivity index (χ1v) is 10.2. The van der Waals surface area contributed by atoms with E-state index in [1.165, 1.54) is 14.0 Å². The molecule has 0 aromatic heterocycles. The maximum atomic E-state index is 12.0. The van der Waals surface area contributed by atoms with Crippen LogP contribution in [0.4, 0.5) is 4.79 Å². The fourth-order valence-electron chi connectivity index (χ4n) is 2.55. The number of esters is 2. The van der Waals surface area contributed by atoms with Gasteiger partial charge in [0.25, 0.3) is 0 Å². The first-order valence-electron chi connectivity index (χ1n) is 9.19. The molecule has 3 N–H and O–H groups in total. The lowest BCUT2D eigenvalue weighted by atomic mass is 9.92. The predicted octanol–water partition coefficient (Wildman–Crippen LogP) is 0.432. The Hall–Kier alpha value is -1.56. The van der Waals surface area contributed by atoms with Gasteiger partial charge in [0.05, 0.1) is 19.3 Å². The van der Waals surface area contributed by atoms with Gasteiger partial charge in [-0.15, -0.1) is 11.8 Å². The van der Waals surface area contributed by atoms with E-state index in [0.29, 0.717) is 0 Å². The molecule has 168 valence electrons. The van der Waals surface area contributed by atoms with E-state index >= 15 is 0 Å². The third kappa shape index (κ3) is 8.37. The number of alkyl carbamates (subject to hydrolysis) is 1. The van der Waals surface area contributed by atoms with Gasteiger partial charge >= 0.3 is 18.0 Å². The normalized spacial score (nSPS) is 28.2. The number of methoxy groups -OCH3 is 1. The van der Waals surface area contributed by atoms with Crippen molar-refractivity contribution in [1.29, 1.82) is 0 Å². The summed E-state index contributed by atoms with van der Waals surface area (Å²) in [5.74, 6) is -1.66. The molecule has 0 bridgehead atoms. The molecule has 1 heterocycles. The topological polar surface area (TPSA) is 141 Å². The van der Waals surface area contributed by atoms with Crippen LogP contribution >= 0.6 is 11.8 Å². The summed E-state index contributed by atoms with van der Waals surface area (Å²) in [5, 5.41) is 23.0. The molecule has 0 aliphatic carbocycles. The van der Waals surface area contributed by atoms with Crippen LogP contribution in [-0.2, 0) is 28.5 Å². The van der Waals surface area contributed by atoms with Crippen molar-refractivity contribution in [3.63, 3.8) is 0 Å². The second-order valence-corrected chi connectivity index (χ2v) is 8.87. The molecule has 0 spiro atoms. The smallest absolute Gasteiger partial charge is 0.408 e. The van der Waals surface area contributed by atoms with Crippen molar-refractivity contribution in [2.24, 2.45) is 5.92 Å². The van der Waals surface area contributed by atoms with Gasteiger partial charge in [0.1, 0.15) is 29.8 Å². The fraction of sp³-hybridized carbons (Fsp3) is 0.833. The Labute approximate surface area is 174 Å². The van der Waals surface area contributed by atoms with E-state index in [9.17, 15) is 24.6 Å². The quantitative estimate of drug-likeness (QED) is 0.379. The number of rotatable bonds is 7. The van der Waals surface area contributed by atoms with Crippen LogP contribution in [0.25, 0.3) is 0 Å². The van der Waals surface area contributed by atoms with E-state index < -0.39 is 59.3 Å². The Bertz CT molecular complexity index is 580. The van der Waals surface area contributed by atoms with Gasteiger partial charge in [0, 0.05) is 18.6 Å². The average Bonchev–Trinajstić information content (AvgIpc) is 2.61. The van der Waals surface area contributed by atoms with Gasteiger partial charge in [-0.25, -0.2) is 9.59 Å². The molecule has 0 saturated carbocycles. The molecule has 10 nitrogen and oxygen atoms in total. The van der Waals surface area contributed by atoms with Crippen LogP contribution in [-0.4, -0.2) is 83.1 Å². The first-order chi connectivity index (χ1) is 13.4. The molecule has 0 aromatic carbocycles. The zero-order valence-electron chi connectivity index (χ0n) is 17.5. The van der Waals surface area contributed by atoms with E-state index in [-0.39, 0.29) is 12.4 Å². The maximum absolute atomic E-state index is 12.0. The van der Waals surface area contributed by atoms with Gasteiger partial charge in [0.15, 0.2) is 0 Å². The lowest BCUT2D eigenvalue weighted by molar-refractivity contribution is -0.184. The highest BCUT2D eigenvalue weighted by molar-refractivity contribution is 7.99. The monoisotopic (exact) mass is 437 g/mol. The highest BCUT2D eigenvalue weighted by Gasteiger charge is 2.43. The van der Waals surface area contributed by atoms with Crippen molar-refractivity contribution in [2.45, 2.75) is 70.0 Å². The summed E-state index contributed by atoms with van der Waals surface area (Å²) in [4.78, 5) is 35.0. The summed E-state index contributed by atoms with van der Waals surface area (Å²) < 4.78 is 20.6. The minimum atomic E-state index is -1.23. The Morgan fingerprint density at radius 1 is 1.21 bits per heavy atom. The number of amides is 1. The van der Waals surface area contributed by atoms with E-state index in [4.69, 9.17) is 18.9 Å². The zero-order valence-corrected chi connectivity index (χ0v) is 18.4. The zero-order chi connectivity index (χ0) is 22.4. The van der Waals surface area contributed by atoms with Crippen molar-refractivity contribution in [2.75, 3.05) is 19.5 Å². The number of carbonyl (C=O) groups excluding carboxylic acids is 3. The Morgan fingerprint density at radius 3 is 2.34 bits per heavy atom. The standard InChI is InChI=1S/C18H31NO9S/c1-9-12(7-26-10(2)20)27-16(14(22)13(9)21)29-8-11(15(23)25-6)19-17(24)28-18(3,4)5/h9,11-14,16,21-22H,7-8H2,1-6H3,(H,19,24)/t9-,11?,12?,13-,14?,16-/m0/s1. The summed E-state index contributed by atoms with van der Waals surface area (Å²) in [6.45, 7) is 7.91. The molecule has 1 saturated heterocycles. The van der Waals surface area contributed by atoms with Crippen molar-refractivity contribution >= 4 is 29.8 Å². The molecule has 1 amide bonds. The second-order valence-electron chi connectivity index (χ2n) is 7.74. The van der Waals surface area contributed by atoms with Crippen molar-refractivity contribution in [1.82, 2.24) is 5.32 Å². The van der Waals surface area contributed by atoms with Crippen LogP contribution in [0.1, 0.15) is 34.6 Å². The molecule has 1 rings (SSSR count). The molecule has 0 aromatic rings. The minimum Gasteiger partial charge on any atom is -0.467 e. The molecular weight excluding hydrogens is 406 g/mol. The summed E-state index contributed by atoms with van der Waals surface area (Å²) >= 11 is 1.02. The molecule has 1 aliphatic heterocycles. The van der Waals surface area contributed by atoms with Crippen LogP contribution < -0.4 is 5.32 Å². The Balaban J connectivity index is 2.76. The van der Waals surface area contributed by atoms with Crippen LogP contribution in [0.2, 0.25) is 0 Å². The van der Waals surface area contributed by atoms with Crippen molar-refractivity contribution in [3.05, 3.63) is 0 Å². The molecule has 11 heteroatoms. The average molecular weight is 438 g/mol. The number of thioether (sulfide) groups is 1. The van der Waals surface area contributed by atoms with Crippen molar-refractivity contribution < 1.29 is 43.5 Å². The largest absolute Gasteiger partial charge is 0.467 e. The van der Waals surface area contributed by atoms with Gasteiger partial charge in [0.2, 0.25) is 0 Å². The number of ether oxygens (including phenoxy) is 4. The molecule has 3 unspecified atom stereocenters. The summed E-state index contributed by atoms with van der Waals surface area (Å²) in [6.07, 6.45) is -3.77. The molecule has 1 fully saturated rings. The number of carbonyl (C=O) groups is 3. The lowest BCUT2D eigenvalue weighted by Gasteiger charge is -2.41. The van der Waals surface area contributed by atoms with E-state index in [2.05, 4.69) is 5.32 Å². The van der Waals surface area contributed by atoms with Crippen LogP contribution in [0.15, 0.2) is 0 Å². The molecule has 1 aliphatic rings. The van der Waals surface area contributed by atoms with Crippen LogP contribution in [0, 0.1) is 5.92 Å². The third-order valence-corrected chi connectivity index (χ3v) is 5.36. The van der Waals surface area contributed by atoms with Gasteiger partial charge in [-0.2, -0.15) is 0 Å². The number of hydrogen-bond donors (Lipinski definition) is 3. The Morgan fingerprint density at radius 2 is 1.83 bits per heavy atom. The number of aliphatic hydroxyl groups is 2. The van der Waals surface area contributed by atoms with Gasteiger partial charge in [-0.3, -0.25) is 4.79 Å². The van der Waals surface area contributed by atoms with E-state index in [0.717, 1.165) is 11.8 Å². The van der Waals surface area contributed by atoms with Gasteiger partial charge in [-0.05, 0) is 20.8 Å². The van der Waals surface area contributed by atoms with Crippen LogP contribution in [0.5, 0.6) is 0 Å². The SMILES string of the molecule is COC(=O)C(CS[C@@H]1OC(COC(C)=O)[C@H](C)[C@H](O)C1O)NC(=O)OC(C)(C)C. The highest BCUT2D eigenvalue weighted by atomic mass is 32.2. The third-order valence-electron chi connectivity index (χ3n) is 4.12. The maximum Gasteiger partial charge on any atom is 0.408 e. The van der Waals surface area contributed by atoms with E-state index in [1.54, 1.807) is 27.7 Å². The fourth-order valence-corrected chi connectivity index (χ4v) is 3.73. The molecule has 0 radical (unpaired) electrons. The van der Waals surface area contributed by atoms with E-state index in [1.807, 2.05) is 0 Å². The number of hydrogen-bond acceptors (Lipinski definition) is 10. The molecule has 29 heavy (non-hydrogen) atoms. The number of aliphatic hydroxyl groups excluding tert-OH is 2. The molecular formula is C18H31NO9S. The molecule has 6 atom stereocenters. The Kier molecular flexibility index (Phi) is 9.66. The van der Waals surface area contributed by atoms with Crippen LogP contribution in [0.3, 0.4) is 0 Å². The summed E-state index contributed by atoms with van der Waals surface area (Å²) in [5.41, 5.74) is -1.65.